The van der Waals surface area contributed by atoms with Gasteiger partial charge in [0, 0.05) is 17.3 Å². The maximum absolute atomic E-state index is 9.38. The van der Waals surface area contributed by atoms with E-state index in [1.54, 1.807) is 24.4 Å². The van der Waals surface area contributed by atoms with Gasteiger partial charge in [-0.3, -0.25) is 4.98 Å². The van der Waals surface area contributed by atoms with Crippen LogP contribution in [0.15, 0.2) is 30.5 Å². The van der Waals surface area contributed by atoms with E-state index < -0.39 is 0 Å². The minimum Gasteiger partial charge on any atom is -0.506 e. The number of benzene rings is 1. The van der Waals surface area contributed by atoms with Gasteiger partial charge >= 0.3 is 0 Å². The summed E-state index contributed by atoms with van der Waals surface area (Å²) in [6.45, 7) is 0. The second-order valence-electron chi connectivity index (χ2n) is 2.57. The largest absolute Gasteiger partial charge is 0.506 e. The van der Waals surface area contributed by atoms with Crippen LogP contribution in [0.2, 0.25) is 0 Å². The van der Waals surface area contributed by atoms with Gasteiger partial charge in [-0.2, -0.15) is 0 Å². The molecule has 4 heteroatoms. The third-order valence-corrected chi connectivity index (χ3v) is 1.78. The van der Waals surface area contributed by atoms with Gasteiger partial charge in [0.1, 0.15) is 11.3 Å². The number of pyridine rings is 1. The fourth-order valence-corrected chi connectivity index (χ4v) is 1.18. The Morgan fingerprint density at radius 2 is 2.00 bits per heavy atom. The van der Waals surface area contributed by atoms with Crippen LogP contribution in [-0.2, 0) is 0 Å². The van der Waals surface area contributed by atoms with E-state index in [0.29, 0.717) is 11.2 Å². The zero-order valence-corrected chi connectivity index (χ0v) is 8.48. The first kappa shape index (κ1) is 9.80. The van der Waals surface area contributed by atoms with Crippen molar-refractivity contribution in [2.45, 2.75) is 0 Å². The summed E-state index contributed by atoms with van der Waals surface area (Å²) < 4.78 is 0. The van der Waals surface area contributed by atoms with Crippen LogP contribution in [0.3, 0.4) is 0 Å². The average Bonchev–Trinajstić information content (AvgIpc) is 2.07. The molecule has 0 saturated carbocycles. The molecule has 2 rings (SSSR count). The van der Waals surface area contributed by atoms with Crippen LogP contribution >= 0.6 is 17.0 Å². The van der Waals surface area contributed by atoms with E-state index in [1.807, 2.05) is 6.07 Å². The summed E-state index contributed by atoms with van der Waals surface area (Å²) in [5.74, 6) is 0.166. The third kappa shape index (κ3) is 1.58. The van der Waals surface area contributed by atoms with Crippen molar-refractivity contribution in [2.24, 2.45) is 0 Å². The Morgan fingerprint density at radius 1 is 1.23 bits per heavy atom. The Morgan fingerprint density at radius 3 is 2.69 bits per heavy atom. The van der Waals surface area contributed by atoms with Gasteiger partial charge in [0.15, 0.2) is 0 Å². The van der Waals surface area contributed by atoms with Crippen LogP contribution in [-0.4, -0.2) is 10.1 Å². The molecule has 0 aliphatic carbocycles. The third-order valence-electron chi connectivity index (χ3n) is 1.78. The van der Waals surface area contributed by atoms with E-state index in [9.17, 15) is 5.11 Å². The van der Waals surface area contributed by atoms with Crippen molar-refractivity contribution in [1.29, 1.82) is 0 Å². The van der Waals surface area contributed by atoms with Crippen molar-refractivity contribution in [3.8, 4) is 5.75 Å². The average molecular weight is 241 g/mol. The topological polar surface area (TPSA) is 59.1 Å². The van der Waals surface area contributed by atoms with E-state index in [-0.39, 0.29) is 22.7 Å². The number of aromatic hydroxyl groups is 1. The van der Waals surface area contributed by atoms with Crippen molar-refractivity contribution in [1.82, 2.24) is 4.98 Å². The molecule has 0 saturated heterocycles. The normalized spacial score (nSPS) is 9.54. The van der Waals surface area contributed by atoms with Crippen molar-refractivity contribution in [3.05, 3.63) is 30.5 Å². The predicted molar refractivity (Wildman–Crippen MR) is 58.1 cm³/mol. The van der Waals surface area contributed by atoms with E-state index in [4.69, 9.17) is 5.73 Å². The number of halogens is 1. The number of nitrogens with zero attached hydrogens (tertiary/aromatic N) is 1. The number of fused-ring (bicyclic) bond motifs is 1. The number of hydrogen-bond acceptors (Lipinski definition) is 3. The molecule has 2 aromatic rings. The highest BCUT2D eigenvalue weighted by atomic mass is 79.9. The van der Waals surface area contributed by atoms with E-state index in [2.05, 4.69) is 4.98 Å². The smallest absolute Gasteiger partial charge is 0.141 e. The zero-order chi connectivity index (χ0) is 8.55. The summed E-state index contributed by atoms with van der Waals surface area (Å²) in [7, 11) is 0. The molecule has 68 valence electrons. The fourth-order valence-electron chi connectivity index (χ4n) is 1.18. The number of rotatable bonds is 0. The van der Waals surface area contributed by atoms with E-state index in [1.165, 1.54) is 0 Å². The maximum atomic E-state index is 9.38. The molecule has 0 spiro atoms. The number of hydrogen-bond donors (Lipinski definition) is 2. The monoisotopic (exact) mass is 240 g/mol. The molecule has 0 unspecified atom stereocenters. The highest BCUT2D eigenvalue weighted by Gasteiger charge is 2.01. The van der Waals surface area contributed by atoms with Crippen molar-refractivity contribution in [3.63, 3.8) is 0 Å². The van der Waals surface area contributed by atoms with Crippen LogP contribution < -0.4 is 5.73 Å². The Labute approximate surface area is 86.0 Å². The van der Waals surface area contributed by atoms with Gasteiger partial charge in [0.2, 0.25) is 0 Å². The van der Waals surface area contributed by atoms with E-state index >= 15 is 0 Å². The molecule has 1 aromatic heterocycles. The minimum absolute atomic E-state index is 0. The summed E-state index contributed by atoms with van der Waals surface area (Å²) in [6.07, 6.45) is 1.58. The molecular weight excluding hydrogens is 232 g/mol. The lowest BCUT2D eigenvalue weighted by molar-refractivity contribution is 0.480. The highest BCUT2D eigenvalue weighted by molar-refractivity contribution is 8.93. The van der Waals surface area contributed by atoms with Gasteiger partial charge < -0.3 is 10.8 Å². The lowest BCUT2D eigenvalue weighted by Gasteiger charge is -2.01. The molecule has 1 aromatic carbocycles. The Balaban J connectivity index is 0.000000845. The molecule has 0 radical (unpaired) electrons. The van der Waals surface area contributed by atoms with Crippen LogP contribution in [0.4, 0.5) is 5.69 Å². The van der Waals surface area contributed by atoms with Crippen molar-refractivity contribution < 1.29 is 5.11 Å². The van der Waals surface area contributed by atoms with Gasteiger partial charge in [-0.15, -0.1) is 17.0 Å². The van der Waals surface area contributed by atoms with Gasteiger partial charge in [-0.1, -0.05) is 12.1 Å². The fraction of sp³-hybridized carbons (Fsp3) is 0. The number of nitrogens with two attached hydrogens (primary N) is 1. The van der Waals surface area contributed by atoms with Gasteiger partial charge in [-0.05, 0) is 12.1 Å². The summed E-state index contributed by atoms with van der Waals surface area (Å²) in [6, 6.07) is 6.88. The first-order valence-corrected chi connectivity index (χ1v) is 3.61. The Hall–Kier alpha value is -1.29. The number of aromatic nitrogens is 1. The van der Waals surface area contributed by atoms with Gasteiger partial charge in [-0.25, -0.2) is 0 Å². The highest BCUT2D eigenvalue weighted by Crippen LogP contribution is 2.25. The number of phenols is 1. The predicted octanol–water partition coefficient (Wildman–Crippen LogP) is 2.10. The molecule has 3 N–H and O–H groups in total. The van der Waals surface area contributed by atoms with Crippen molar-refractivity contribution >= 4 is 33.6 Å². The molecule has 0 amide bonds. The van der Waals surface area contributed by atoms with E-state index in [0.717, 1.165) is 5.39 Å². The lowest BCUT2D eigenvalue weighted by atomic mass is 10.2. The quantitative estimate of drug-likeness (QED) is 0.742. The summed E-state index contributed by atoms with van der Waals surface area (Å²) >= 11 is 0. The molecule has 0 fully saturated rings. The summed E-state index contributed by atoms with van der Waals surface area (Å²) in [5.41, 5.74) is 6.86. The second kappa shape index (κ2) is 3.62. The first-order valence-electron chi connectivity index (χ1n) is 3.61. The first-order chi connectivity index (χ1) is 5.79. The number of nitrogen functional groups attached to an aromatic ring is 1. The minimum atomic E-state index is 0. The zero-order valence-electron chi connectivity index (χ0n) is 6.77. The molecule has 3 nitrogen and oxygen atoms in total. The number of anilines is 1. The summed E-state index contributed by atoms with van der Waals surface area (Å²) in [5, 5.41) is 10.2. The van der Waals surface area contributed by atoms with Crippen LogP contribution in [0, 0.1) is 0 Å². The SMILES string of the molecule is Br.Nc1ccnc2c(O)cccc12. The molecule has 13 heavy (non-hydrogen) atoms. The molecule has 0 aliphatic heterocycles. The maximum Gasteiger partial charge on any atom is 0.141 e. The molecule has 1 heterocycles. The van der Waals surface area contributed by atoms with Crippen LogP contribution in [0.25, 0.3) is 10.9 Å². The van der Waals surface area contributed by atoms with Gasteiger partial charge in [0.25, 0.3) is 0 Å². The molecule has 0 aliphatic rings. The van der Waals surface area contributed by atoms with Crippen molar-refractivity contribution in [2.75, 3.05) is 5.73 Å². The lowest BCUT2D eigenvalue weighted by Crippen LogP contribution is -1.88. The summed E-state index contributed by atoms with van der Waals surface area (Å²) in [4.78, 5) is 4.01. The molecule has 0 bridgehead atoms. The second-order valence-corrected chi connectivity index (χ2v) is 2.57. The Bertz CT molecular complexity index is 390. The number of para-hydroxylation sites is 1. The van der Waals surface area contributed by atoms with Crippen LogP contribution in [0.1, 0.15) is 0 Å². The van der Waals surface area contributed by atoms with Crippen LogP contribution in [0.5, 0.6) is 5.75 Å². The number of phenolic OH excluding ortho intramolecular Hbond substituents is 1. The van der Waals surface area contributed by atoms with Gasteiger partial charge in [0.05, 0.1) is 0 Å². The molecule has 0 atom stereocenters. The standard InChI is InChI=1S/C9H8N2O.BrH/c10-7-4-5-11-9-6(7)2-1-3-8(9)12;/h1-5,12H,(H2,10,11);1H. The Kier molecular flexibility index (Phi) is 2.72. The molecular formula is C9H9BrN2O.